The SMILES string of the molecule is Cc1ccc(OC[C@@]2(O)COCCN(C(=O)CN(C)C)C2)cc1. The second kappa shape index (κ2) is 7.77. The number of hydrogen-bond donors (Lipinski definition) is 1. The van der Waals surface area contributed by atoms with E-state index in [1.54, 1.807) is 4.90 Å². The van der Waals surface area contributed by atoms with Gasteiger partial charge in [0, 0.05) is 6.54 Å². The summed E-state index contributed by atoms with van der Waals surface area (Å²) >= 11 is 0. The Kier molecular flexibility index (Phi) is 5.98. The summed E-state index contributed by atoms with van der Waals surface area (Å²) < 4.78 is 11.2. The van der Waals surface area contributed by atoms with Crippen molar-refractivity contribution in [3.8, 4) is 5.75 Å². The molecule has 1 N–H and O–H groups in total. The predicted octanol–water partition coefficient (Wildman–Crippen LogP) is 0.525. The lowest BCUT2D eigenvalue weighted by Gasteiger charge is -2.31. The Bertz CT molecular complexity index is 518. The number of aliphatic hydroxyl groups is 1. The van der Waals surface area contributed by atoms with Gasteiger partial charge < -0.3 is 24.4 Å². The van der Waals surface area contributed by atoms with Crippen molar-refractivity contribution in [2.45, 2.75) is 12.5 Å². The normalized spacial score (nSPS) is 22.0. The molecule has 1 aliphatic heterocycles. The van der Waals surface area contributed by atoms with Crippen LogP contribution in [0.5, 0.6) is 5.75 Å². The fraction of sp³-hybridized carbons (Fsp3) is 0.588. The van der Waals surface area contributed by atoms with Crippen molar-refractivity contribution in [1.29, 1.82) is 0 Å². The minimum Gasteiger partial charge on any atom is -0.490 e. The summed E-state index contributed by atoms with van der Waals surface area (Å²) in [7, 11) is 3.69. The van der Waals surface area contributed by atoms with Crippen LogP contribution in [0.2, 0.25) is 0 Å². The molecule has 6 nitrogen and oxygen atoms in total. The van der Waals surface area contributed by atoms with Crippen molar-refractivity contribution in [2.24, 2.45) is 0 Å². The van der Waals surface area contributed by atoms with Gasteiger partial charge in [0.05, 0.1) is 26.3 Å². The van der Waals surface area contributed by atoms with E-state index in [0.29, 0.717) is 25.4 Å². The lowest BCUT2D eigenvalue weighted by molar-refractivity contribution is -0.135. The van der Waals surface area contributed by atoms with Crippen LogP contribution in [0.25, 0.3) is 0 Å². The molecule has 1 heterocycles. The number of carbonyl (C=O) groups excluding carboxylic acids is 1. The third-order valence-corrected chi connectivity index (χ3v) is 3.69. The molecule has 1 saturated heterocycles. The zero-order chi connectivity index (χ0) is 16.9. The Hall–Kier alpha value is -1.63. The molecule has 0 aromatic heterocycles. The summed E-state index contributed by atoms with van der Waals surface area (Å²) in [6, 6.07) is 7.64. The molecule has 0 unspecified atom stereocenters. The second-order valence-electron chi connectivity index (χ2n) is 6.43. The van der Waals surface area contributed by atoms with E-state index in [2.05, 4.69) is 0 Å². The zero-order valence-corrected chi connectivity index (χ0v) is 14.1. The van der Waals surface area contributed by atoms with Crippen molar-refractivity contribution < 1.29 is 19.4 Å². The van der Waals surface area contributed by atoms with E-state index in [1.807, 2.05) is 50.2 Å². The Morgan fingerprint density at radius 2 is 2.09 bits per heavy atom. The molecule has 1 amide bonds. The number of nitrogens with zero attached hydrogens (tertiary/aromatic N) is 2. The average molecular weight is 322 g/mol. The van der Waals surface area contributed by atoms with E-state index in [4.69, 9.17) is 9.47 Å². The lowest BCUT2D eigenvalue weighted by Crippen LogP contribution is -2.51. The number of β-amino-alcohol motifs (C(OH)–C–C–N with tert-alkyl or cyclic N) is 1. The summed E-state index contributed by atoms with van der Waals surface area (Å²) in [5.41, 5.74) is -0.0575. The first-order valence-corrected chi connectivity index (χ1v) is 7.80. The largest absolute Gasteiger partial charge is 0.490 e. The summed E-state index contributed by atoms with van der Waals surface area (Å²) in [5, 5.41) is 10.8. The number of rotatable bonds is 5. The Balaban J connectivity index is 1.97. The molecule has 6 heteroatoms. The molecule has 0 bridgehead atoms. The van der Waals surface area contributed by atoms with Crippen molar-refractivity contribution in [2.75, 3.05) is 53.6 Å². The van der Waals surface area contributed by atoms with Gasteiger partial charge >= 0.3 is 0 Å². The van der Waals surface area contributed by atoms with Crippen LogP contribution < -0.4 is 4.74 Å². The first-order valence-electron chi connectivity index (χ1n) is 7.80. The maximum absolute atomic E-state index is 12.2. The molecule has 0 aliphatic carbocycles. The second-order valence-corrected chi connectivity index (χ2v) is 6.43. The van der Waals surface area contributed by atoms with Crippen LogP contribution in [-0.4, -0.2) is 80.0 Å². The highest BCUT2D eigenvalue weighted by Crippen LogP contribution is 2.17. The molecule has 1 atom stereocenters. The maximum atomic E-state index is 12.2. The van der Waals surface area contributed by atoms with Gasteiger partial charge in [-0.3, -0.25) is 4.79 Å². The van der Waals surface area contributed by atoms with Crippen molar-refractivity contribution in [3.63, 3.8) is 0 Å². The first kappa shape index (κ1) is 17.7. The standard InChI is InChI=1S/C17H26N2O4/c1-14-4-6-15(7-5-14)23-13-17(21)11-19(8-9-22-12-17)16(20)10-18(2)3/h4-7,21H,8-13H2,1-3H3/t17-/m0/s1. The van der Waals surface area contributed by atoms with Crippen LogP contribution in [0.4, 0.5) is 0 Å². The fourth-order valence-electron chi connectivity index (χ4n) is 2.44. The molecule has 128 valence electrons. The number of amides is 1. The predicted molar refractivity (Wildman–Crippen MR) is 87.6 cm³/mol. The third kappa shape index (κ3) is 5.49. The Labute approximate surface area is 137 Å². The van der Waals surface area contributed by atoms with E-state index in [9.17, 15) is 9.90 Å². The highest BCUT2D eigenvalue weighted by molar-refractivity contribution is 5.78. The summed E-state index contributed by atoms with van der Waals surface area (Å²) in [5.74, 6) is 0.675. The summed E-state index contributed by atoms with van der Waals surface area (Å²) in [6.45, 7) is 3.68. The number of ether oxygens (including phenoxy) is 2. The van der Waals surface area contributed by atoms with E-state index in [0.717, 1.165) is 5.56 Å². The number of hydrogen-bond acceptors (Lipinski definition) is 5. The molecular weight excluding hydrogens is 296 g/mol. The van der Waals surface area contributed by atoms with Crippen molar-refractivity contribution >= 4 is 5.91 Å². The minimum atomic E-state index is -1.21. The zero-order valence-electron chi connectivity index (χ0n) is 14.1. The molecule has 0 saturated carbocycles. The van der Waals surface area contributed by atoms with E-state index >= 15 is 0 Å². The van der Waals surface area contributed by atoms with Crippen molar-refractivity contribution in [1.82, 2.24) is 9.80 Å². The average Bonchev–Trinajstić information content (AvgIpc) is 2.69. The first-order chi connectivity index (χ1) is 10.9. The monoisotopic (exact) mass is 322 g/mol. The number of aryl methyl sites for hydroxylation is 1. The van der Waals surface area contributed by atoms with Gasteiger partial charge in [0.25, 0.3) is 0 Å². The van der Waals surface area contributed by atoms with E-state index in [1.165, 1.54) is 0 Å². The van der Waals surface area contributed by atoms with E-state index in [-0.39, 0.29) is 25.7 Å². The van der Waals surface area contributed by atoms with Crippen LogP contribution in [0.3, 0.4) is 0 Å². The van der Waals surface area contributed by atoms with Gasteiger partial charge in [-0.1, -0.05) is 17.7 Å². The van der Waals surface area contributed by atoms with Crippen molar-refractivity contribution in [3.05, 3.63) is 29.8 Å². The van der Waals surface area contributed by atoms with Gasteiger partial charge in [-0.05, 0) is 33.2 Å². The molecule has 0 spiro atoms. The molecule has 0 radical (unpaired) electrons. The molecule has 1 fully saturated rings. The molecular formula is C17H26N2O4. The highest BCUT2D eigenvalue weighted by Gasteiger charge is 2.35. The summed E-state index contributed by atoms with van der Waals surface area (Å²) in [6.07, 6.45) is 0. The fourth-order valence-corrected chi connectivity index (χ4v) is 2.44. The topological polar surface area (TPSA) is 62.2 Å². The van der Waals surface area contributed by atoms with Crippen LogP contribution in [0.15, 0.2) is 24.3 Å². The quantitative estimate of drug-likeness (QED) is 0.857. The van der Waals surface area contributed by atoms with Gasteiger partial charge in [-0.15, -0.1) is 0 Å². The van der Waals surface area contributed by atoms with Crippen LogP contribution in [0.1, 0.15) is 5.56 Å². The van der Waals surface area contributed by atoms with Gasteiger partial charge in [0.1, 0.15) is 18.0 Å². The van der Waals surface area contributed by atoms with Gasteiger partial charge in [-0.25, -0.2) is 0 Å². The smallest absolute Gasteiger partial charge is 0.236 e. The lowest BCUT2D eigenvalue weighted by atomic mass is 10.1. The molecule has 23 heavy (non-hydrogen) atoms. The third-order valence-electron chi connectivity index (χ3n) is 3.69. The van der Waals surface area contributed by atoms with Gasteiger partial charge in [0.15, 0.2) is 0 Å². The summed E-state index contributed by atoms with van der Waals surface area (Å²) in [4.78, 5) is 15.7. The molecule has 1 aliphatic rings. The molecule has 1 aromatic carbocycles. The van der Waals surface area contributed by atoms with Gasteiger partial charge in [-0.2, -0.15) is 0 Å². The Morgan fingerprint density at radius 1 is 1.39 bits per heavy atom. The van der Waals surface area contributed by atoms with Crippen LogP contribution in [-0.2, 0) is 9.53 Å². The van der Waals surface area contributed by atoms with E-state index < -0.39 is 5.60 Å². The van der Waals surface area contributed by atoms with Crippen LogP contribution in [0, 0.1) is 6.92 Å². The van der Waals surface area contributed by atoms with Gasteiger partial charge in [0.2, 0.25) is 5.91 Å². The van der Waals surface area contributed by atoms with Crippen LogP contribution >= 0.6 is 0 Å². The number of benzene rings is 1. The highest BCUT2D eigenvalue weighted by atomic mass is 16.5. The number of carbonyl (C=O) groups is 1. The minimum absolute atomic E-state index is 0.0192. The number of likely N-dealkylation sites (N-methyl/N-ethyl adjacent to an activating group) is 1. The molecule has 2 rings (SSSR count). The maximum Gasteiger partial charge on any atom is 0.236 e. The Morgan fingerprint density at radius 3 is 2.74 bits per heavy atom. The molecule has 1 aromatic rings.